The maximum atomic E-state index is 13.9. The molecule has 0 amide bonds. The molecule has 27 heavy (non-hydrogen) atoms. The van der Waals surface area contributed by atoms with E-state index < -0.39 is 17.6 Å². The number of benzene rings is 1. The lowest BCUT2D eigenvalue weighted by Crippen LogP contribution is -2.42. The molecule has 6 nitrogen and oxygen atoms in total. The van der Waals surface area contributed by atoms with Gasteiger partial charge in [-0.3, -0.25) is 0 Å². The van der Waals surface area contributed by atoms with Crippen LogP contribution in [0.2, 0.25) is 0 Å². The van der Waals surface area contributed by atoms with Gasteiger partial charge in [0.05, 0.1) is 17.4 Å². The number of rotatable bonds is 4. The second kappa shape index (κ2) is 6.07. The molecule has 1 saturated carbocycles. The van der Waals surface area contributed by atoms with Crippen LogP contribution in [0.15, 0.2) is 24.4 Å². The molecule has 0 bridgehead atoms. The maximum absolute atomic E-state index is 13.9. The molecule has 10 heteroatoms. The van der Waals surface area contributed by atoms with Crippen LogP contribution < -0.4 is 10.6 Å². The molecule has 0 radical (unpaired) electrons. The minimum absolute atomic E-state index is 0.0355. The largest absolute Gasteiger partial charge is 0.416 e. The lowest BCUT2D eigenvalue weighted by molar-refractivity contribution is -0.137. The molecule has 4 rings (SSSR count). The van der Waals surface area contributed by atoms with Crippen LogP contribution in [0.5, 0.6) is 0 Å². The van der Waals surface area contributed by atoms with Crippen molar-refractivity contribution in [3.63, 3.8) is 0 Å². The number of hydrogen-bond acceptors (Lipinski definition) is 5. The SMILES string of the molecule is CC1(Nc2ncc3[nH]c(Nc4cc(C(F)(F)F)ccc4F)nc3n2)CCC1. The number of aromatic nitrogens is 4. The van der Waals surface area contributed by atoms with Gasteiger partial charge in [0.2, 0.25) is 11.9 Å². The highest BCUT2D eigenvalue weighted by Gasteiger charge is 2.32. The molecular weight excluding hydrogens is 364 g/mol. The van der Waals surface area contributed by atoms with Gasteiger partial charge in [0.25, 0.3) is 0 Å². The Labute approximate surface area is 151 Å². The van der Waals surface area contributed by atoms with Gasteiger partial charge < -0.3 is 15.6 Å². The van der Waals surface area contributed by atoms with E-state index in [0.29, 0.717) is 29.2 Å². The molecule has 1 aliphatic rings. The molecule has 2 heterocycles. The number of aromatic amines is 1. The molecule has 142 valence electrons. The Balaban J connectivity index is 1.59. The van der Waals surface area contributed by atoms with Crippen molar-refractivity contribution in [1.29, 1.82) is 0 Å². The molecule has 0 atom stereocenters. The van der Waals surface area contributed by atoms with Gasteiger partial charge in [-0.1, -0.05) is 0 Å². The second-order valence-corrected chi connectivity index (χ2v) is 6.87. The van der Waals surface area contributed by atoms with Gasteiger partial charge in [-0.25, -0.2) is 9.37 Å². The molecule has 1 aromatic carbocycles. The summed E-state index contributed by atoms with van der Waals surface area (Å²) in [6.07, 6.45) is 0.146. The number of imidazole rings is 1. The van der Waals surface area contributed by atoms with Crippen LogP contribution in [-0.2, 0) is 6.18 Å². The number of nitrogens with one attached hydrogen (secondary N) is 3. The van der Waals surface area contributed by atoms with Crippen LogP contribution in [-0.4, -0.2) is 25.5 Å². The number of hydrogen-bond donors (Lipinski definition) is 3. The first kappa shape index (κ1) is 17.5. The third-order valence-corrected chi connectivity index (χ3v) is 4.66. The Morgan fingerprint density at radius 3 is 2.63 bits per heavy atom. The predicted octanol–water partition coefficient (Wildman–Crippen LogP) is 4.61. The summed E-state index contributed by atoms with van der Waals surface area (Å²) in [4.78, 5) is 15.5. The highest BCUT2D eigenvalue weighted by Crippen LogP contribution is 2.34. The van der Waals surface area contributed by atoms with Crippen LogP contribution >= 0.6 is 0 Å². The van der Waals surface area contributed by atoms with E-state index in [2.05, 4.69) is 37.5 Å². The van der Waals surface area contributed by atoms with E-state index in [-0.39, 0.29) is 17.2 Å². The van der Waals surface area contributed by atoms with Crippen molar-refractivity contribution < 1.29 is 17.6 Å². The molecule has 1 fully saturated rings. The van der Waals surface area contributed by atoms with Crippen molar-refractivity contribution in [3.05, 3.63) is 35.8 Å². The summed E-state index contributed by atoms with van der Waals surface area (Å²) in [7, 11) is 0. The van der Waals surface area contributed by atoms with Crippen LogP contribution in [0.25, 0.3) is 11.2 Å². The number of nitrogens with zero attached hydrogens (tertiary/aromatic N) is 3. The number of alkyl halides is 3. The fraction of sp³-hybridized carbons (Fsp3) is 0.353. The molecule has 3 N–H and O–H groups in total. The lowest BCUT2D eigenvalue weighted by Gasteiger charge is -2.39. The van der Waals surface area contributed by atoms with Crippen molar-refractivity contribution in [2.45, 2.75) is 37.9 Å². The summed E-state index contributed by atoms with van der Waals surface area (Å²) in [5, 5.41) is 5.79. The van der Waals surface area contributed by atoms with Gasteiger partial charge in [-0.05, 0) is 44.4 Å². The van der Waals surface area contributed by atoms with Gasteiger partial charge in [-0.2, -0.15) is 23.1 Å². The summed E-state index contributed by atoms with van der Waals surface area (Å²) >= 11 is 0. The van der Waals surface area contributed by atoms with Crippen molar-refractivity contribution in [3.8, 4) is 0 Å². The van der Waals surface area contributed by atoms with Crippen LogP contribution in [0.3, 0.4) is 0 Å². The van der Waals surface area contributed by atoms with Crippen molar-refractivity contribution >= 4 is 28.7 Å². The zero-order chi connectivity index (χ0) is 19.2. The molecule has 2 aromatic heterocycles. The van der Waals surface area contributed by atoms with E-state index in [1.54, 1.807) is 0 Å². The zero-order valence-electron chi connectivity index (χ0n) is 14.3. The first-order valence-corrected chi connectivity index (χ1v) is 8.37. The minimum atomic E-state index is -4.57. The molecule has 0 unspecified atom stereocenters. The third-order valence-electron chi connectivity index (χ3n) is 4.66. The maximum Gasteiger partial charge on any atom is 0.416 e. The fourth-order valence-electron chi connectivity index (χ4n) is 2.95. The van der Waals surface area contributed by atoms with E-state index in [9.17, 15) is 17.6 Å². The summed E-state index contributed by atoms with van der Waals surface area (Å²) < 4.78 is 52.3. The minimum Gasteiger partial charge on any atom is -0.349 e. The summed E-state index contributed by atoms with van der Waals surface area (Å²) in [5.41, 5.74) is -0.522. The first-order valence-electron chi connectivity index (χ1n) is 8.37. The average molecular weight is 380 g/mol. The number of H-pyrrole nitrogens is 1. The van der Waals surface area contributed by atoms with Gasteiger partial charge >= 0.3 is 6.18 Å². The molecule has 0 aliphatic heterocycles. The number of halogens is 4. The molecule has 1 aliphatic carbocycles. The van der Waals surface area contributed by atoms with Gasteiger partial charge in [-0.15, -0.1) is 0 Å². The Hall–Kier alpha value is -2.91. The summed E-state index contributed by atoms with van der Waals surface area (Å²) in [6.45, 7) is 2.08. The molecule has 3 aromatic rings. The van der Waals surface area contributed by atoms with Gasteiger partial charge in [0.1, 0.15) is 11.3 Å². The summed E-state index contributed by atoms with van der Waals surface area (Å²) in [6, 6.07) is 2.14. The Bertz CT molecular complexity index is 993. The second-order valence-electron chi connectivity index (χ2n) is 6.87. The van der Waals surface area contributed by atoms with Crippen molar-refractivity contribution in [1.82, 2.24) is 19.9 Å². The van der Waals surface area contributed by atoms with Gasteiger partial charge in [0, 0.05) is 5.54 Å². The molecule has 0 spiro atoms. The molecular formula is C17H16F4N6. The van der Waals surface area contributed by atoms with Crippen LogP contribution in [0.4, 0.5) is 35.1 Å². The Morgan fingerprint density at radius 2 is 1.96 bits per heavy atom. The predicted molar refractivity (Wildman–Crippen MR) is 92.2 cm³/mol. The topological polar surface area (TPSA) is 78.5 Å². The van der Waals surface area contributed by atoms with Gasteiger partial charge in [0.15, 0.2) is 5.65 Å². The van der Waals surface area contributed by atoms with Crippen molar-refractivity contribution in [2.24, 2.45) is 0 Å². The normalized spacial score (nSPS) is 16.2. The molecule has 0 saturated heterocycles. The monoisotopic (exact) mass is 380 g/mol. The fourth-order valence-corrected chi connectivity index (χ4v) is 2.95. The van der Waals surface area contributed by atoms with E-state index in [0.717, 1.165) is 25.3 Å². The lowest BCUT2D eigenvalue weighted by atomic mass is 9.79. The van der Waals surface area contributed by atoms with E-state index in [1.807, 2.05) is 0 Å². The van der Waals surface area contributed by atoms with Crippen LogP contribution in [0.1, 0.15) is 31.7 Å². The number of fused-ring (bicyclic) bond motifs is 1. The highest BCUT2D eigenvalue weighted by atomic mass is 19.4. The van der Waals surface area contributed by atoms with E-state index in [1.165, 1.54) is 6.20 Å². The Morgan fingerprint density at radius 1 is 1.19 bits per heavy atom. The quantitative estimate of drug-likeness (QED) is 0.576. The van der Waals surface area contributed by atoms with E-state index in [4.69, 9.17) is 0 Å². The van der Waals surface area contributed by atoms with Crippen LogP contribution in [0, 0.1) is 5.82 Å². The van der Waals surface area contributed by atoms with Crippen molar-refractivity contribution in [2.75, 3.05) is 10.6 Å². The standard InChI is InChI=1S/C17H16F4N6/c1-16(5-2-6-16)27-14-22-8-12-13(25-14)26-15(24-12)23-11-7-9(17(19,20)21)3-4-10(11)18/h3-4,7-8H,2,5-6H2,1H3,(H3,22,23,24,25,26,27). The smallest absolute Gasteiger partial charge is 0.349 e. The Kier molecular flexibility index (Phi) is 3.93. The summed E-state index contributed by atoms with van der Waals surface area (Å²) in [5.74, 6) is -0.327. The third kappa shape index (κ3) is 3.51. The van der Waals surface area contributed by atoms with E-state index >= 15 is 0 Å². The number of anilines is 3. The first-order chi connectivity index (χ1) is 12.7. The average Bonchev–Trinajstić information content (AvgIpc) is 2.96. The highest BCUT2D eigenvalue weighted by molar-refractivity contribution is 5.75. The zero-order valence-corrected chi connectivity index (χ0v) is 14.3.